The summed E-state index contributed by atoms with van der Waals surface area (Å²) in [6.07, 6.45) is 3.80. The fourth-order valence-electron chi connectivity index (χ4n) is 1.94. The predicted octanol–water partition coefficient (Wildman–Crippen LogP) is 2.89. The molecule has 2 heteroatoms. The zero-order valence-corrected chi connectivity index (χ0v) is 11.3. The Morgan fingerprint density at radius 3 is 2.13 bits per heavy atom. The molecule has 0 aromatic carbocycles. The van der Waals surface area contributed by atoms with Crippen LogP contribution in [0, 0.1) is 0 Å². The molecule has 0 heterocycles. The van der Waals surface area contributed by atoms with E-state index in [1.165, 1.54) is 25.8 Å². The minimum Gasteiger partial charge on any atom is -0.313 e. The van der Waals surface area contributed by atoms with Gasteiger partial charge in [0.1, 0.15) is 0 Å². The van der Waals surface area contributed by atoms with Crippen LogP contribution in [0.3, 0.4) is 0 Å². The van der Waals surface area contributed by atoms with Crippen molar-refractivity contribution in [2.45, 2.75) is 66.0 Å². The molecule has 0 bridgehead atoms. The van der Waals surface area contributed by atoms with Crippen molar-refractivity contribution in [3.8, 4) is 0 Å². The summed E-state index contributed by atoms with van der Waals surface area (Å²) in [4.78, 5) is 2.54. The van der Waals surface area contributed by atoms with Crippen molar-refractivity contribution < 1.29 is 0 Å². The van der Waals surface area contributed by atoms with Crippen LogP contribution in [-0.2, 0) is 0 Å². The third-order valence-electron chi connectivity index (χ3n) is 2.91. The summed E-state index contributed by atoms with van der Waals surface area (Å²) in [5, 5.41) is 3.65. The van der Waals surface area contributed by atoms with E-state index < -0.39 is 0 Å². The Balaban J connectivity index is 3.99. The van der Waals surface area contributed by atoms with Gasteiger partial charge < -0.3 is 5.32 Å². The largest absolute Gasteiger partial charge is 0.313 e. The van der Waals surface area contributed by atoms with E-state index >= 15 is 0 Å². The summed E-state index contributed by atoms with van der Waals surface area (Å²) in [5.41, 5.74) is 0. The van der Waals surface area contributed by atoms with Crippen molar-refractivity contribution in [1.29, 1.82) is 0 Å². The van der Waals surface area contributed by atoms with Gasteiger partial charge in [0, 0.05) is 18.6 Å². The first-order chi connectivity index (χ1) is 7.15. The Morgan fingerprint density at radius 2 is 1.73 bits per heavy atom. The van der Waals surface area contributed by atoms with Crippen LogP contribution in [0.5, 0.6) is 0 Å². The number of hydrogen-bond acceptors (Lipinski definition) is 2. The zero-order chi connectivity index (χ0) is 11.7. The molecule has 1 unspecified atom stereocenters. The van der Waals surface area contributed by atoms with Crippen molar-refractivity contribution in [2.24, 2.45) is 0 Å². The molecule has 92 valence electrons. The predicted molar refractivity (Wildman–Crippen MR) is 69.4 cm³/mol. The van der Waals surface area contributed by atoms with Gasteiger partial charge in [-0.25, -0.2) is 0 Å². The molecule has 0 amide bonds. The van der Waals surface area contributed by atoms with E-state index in [0.29, 0.717) is 12.1 Å². The molecule has 2 nitrogen and oxygen atoms in total. The Bertz CT molecular complexity index is 134. The molecule has 0 fully saturated rings. The molecular weight excluding hydrogens is 184 g/mol. The third kappa shape index (κ3) is 6.91. The maximum absolute atomic E-state index is 3.65. The highest BCUT2D eigenvalue weighted by Gasteiger charge is 2.13. The standard InChI is InChI=1S/C13H30N2/c1-6-9-13(14-10-7-2)11-15(8-3)12(4)5/h12-14H,6-11H2,1-5H3. The monoisotopic (exact) mass is 214 g/mol. The summed E-state index contributed by atoms with van der Waals surface area (Å²) < 4.78 is 0. The molecule has 0 saturated heterocycles. The smallest absolute Gasteiger partial charge is 0.0195 e. The van der Waals surface area contributed by atoms with Crippen LogP contribution in [-0.4, -0.2) is 36.6 Å². The first kappa shape index (κ1) is 14.9. The normalized spacial score (nSPS) is 13.8. The second-order valence-electron chi connectivity index (χ2n) is 4.62. The van der Waals surface area contributed by atoms with Crippen LogP contribution < -0.4 is 5.32 Å². The van der Waals surface area contributed by atoms with Crippen LogP contribution in [0.25, 0.3) is 0 Å². The van der Waals surface area contributed by atoms with Crippen molar-refractivity contribution >= 4 is 0 Å². The van der Waals surface area contributed by atoms with E-state index in [2.05, 4.69) is 44.8 Å². The van der Waals surface area contributed by atoms with E-state index in [9.17, 15) is 0 Å². The van der Waals surface area contributed by atoms with Gasteiger partial charge in [0.05, 0.1) is 0 Å². The highest BCUT2D eigenvalue weighted by Crippen LogP contribution is 2.04. The average molecular weight is 214 g/mol. The molecule has 0 aromatic heterocycles. The summed E-state index contributed by atoms with van der Waals surface area (Å²) in [6, 6.07) is 1.34. The van der Waals surface area contributed by atoms with Crippen molar-refractivity contribution in [1.82, 2.24) is 10.2 Å². The molecule has 0 radical (unpaired) electrons. The first-order valence-corrected chi connectivity index (χ1v) is 6.63. The maximum Gasteiger partial charge on any atom is 0.0195 e. The van der Waals surface area contributed by atoms with Crippen molar-refractivity contribution in [3.05, 3.63) is 0 Å². The third-order valence-corrected chi connectivity index (χ3v) is 2.91. The van der Waals surface area contributed by atoms with Gasteiger partial charge >= 0.3 is 0 Å². The fraction of sp³-hybridized carbons (Fsp3) is 1.00. The molecule has 0 saturated carbocycles. The van der Waals surface area contributed by atoms with Gasteiger partial charge in [-0.1, -0.05) is 27.2 Å². The number of rotatable bonds is 9. The second-order valence-corrected chi connectivity index (χ2v) is 4.62. The minimum atomic E-state index is 0.665. The summed E-state index contributed by atoms with van der Waals surface area (Å²) in [5.74, 6) is 0. The van der Waals surface area contributed by atoms with Gasteiger partial charge in [-0.3, -0.25) is 4.90 Å². The van der Waals surface area contributed by atoms with Crippen LogP contribution in [0.4, 0.5) is 0 Å². The van der Waals surface area contributed by atoms with Crippen LogP contribution >= 0.6 is 0 Å². The second kappa shape index (κ2) is 9.17. The molecular formula is C13H30N2. The van der Waals surface area contributed by atoms with Gasteiger partial charge in [0.15, 0.2) is 0 Å². The van der Waals surface area contributed by atoms with Gasteiger partial charge in [-0.05, 0) is 39.8 Å². The lowest BCUT2D eigenvalue weighted by Crippen LogP contribution is -2.44. The van der Waals surface area contributed by atoms with Gasteiger partial charge in [-0.15, -0.1) is 0 Å². The summed E-state index contributed by atoms with van der Waals surface area (Å²) >= 11 is 0. The Morgan fingerprint density at radius 1 is 1.07 bits per heavy atom. The van der Waals surface area contributed by atoms with E-state index in [1.807, 2.05) is 0 Å². The van der Waals surface area contributed by atoms with Crippen LogP contribution in [0.1, 0.15) is 53.9 Å². The van der Waals surface area contributed by atoms with Crippen LogP contribution in [0.15, 0.2) is 0 Å². The van der Waals surface area contributed by atoms with Crippen LogP contribution in [0.2, 0.25) is 0 Å². The maximum atomic E-state index is 3.65. The number of nitrogens with zero attached hydrogens (tertiary/aromatic N) is 1. The SMILES string of the molecule is CCCNC(CCC)CN(CC)C(C)C. The summed E-state index contributed by atoms with van der Waals surface area (Å²) in [7, 11) is 0. The lowest BCUT2D eigenvalue weighted by atomic mass is 10.1. The van der Waals surface area contributed by atoms with E-state index in [-0.39, 0.29) is 0 Å². The zero-order valence-electron chi connectivity index (χ0n) is 11.3. The number of nitrogens with one attached hydrogen (secondary N) is 1. The molecule has 0 aliphatic carbocycles. The molecule has 15 heavy (non-hydrogen) atoms. The lowest BCUT2D eigenvalue weighted by Gasteiger charge is -2.30. The first-order valence-electron chi connectivity index (χ1n) is 6.63. The molecule has 0 aliphatic heterocycles. The van der Waals surface area contributed by atoms with E-state index in [4.69, 9.17) is 0 Å². The molecule has 1 atom stereocenters. The van der Waals surface area contributed by atoms with E-state index in [0.717, 1.165) is 13.1 Å². The van der Waals surface area contributed by atoms with Crippen molar-refractivity contribution in [3.63, 3.8) is 0 Å². The molecule has 0 rings (SSSR count). The number of likely N-dealkylation sites (N-methyl/N-ethyl adjacent to an activating group) is 1. The van der Waals surface area contributed by atoms with Crippen molar-refractivity contribution in [2.75, 3.05) is 19.6 Å². The van der Waals surface area contributed by atoms with E-state index in [1.54, 1.807) is 0 Å². The Kier molecular flexibility index (Phi) is 9.12. The summed E-state index contributed by atoms with van der Waals surface area (Å²) in [6.45, 7) is 14.8. The van der Waals surface area contributed by atoms with Gasteiger partial charge in [-0.2, -0.15) is 0 Å². The highest BCUT2D eigenvalue weighted by molar-refractivity contribution is 4.73. The van der Waals surface area contributed by atoms with Gasteiger partial charge in [0.25, 0.3) is 0 Å². The molecule has 1 N–H and O–H groups in total. The molecule has 0 aliphatic rings. The topological polar surface area (TPSA) is 15.3 Å². The Hall–Kier alpha value is -0.0800. The number of hydrogen-bond donors (Lipinski definition) is 1. The fourth-order valence-corrected chi connectivity index (χ4v) is 1.94. The Labute approximate surface area is 96.4 Å². The quantitative estimate of drug-likeness (QED) is 0.635. The minimum absolute atomic E-state index is 0.665. The molecule has 0 spiro atoms. The molecule has 0 aromatic rings. The average Bonchev–Trinajstić information content (AvgIpc) is 2.21. The lowest BCUT2D eigenvalue weighted by molar-refractivity contribution is 0.202. The highest BCUT2D eigenvalue weighted by atomic mass is 15.2. The van der Waals surface area contributed by atoms with Gasteiger partial charge in [0.2, 0.25) is 0 Å².